The van der Waals surface area contributed by atoms with Gasteiger partial charge in [0, 0.05) is 22.8 Å². The predicted octanol–water partition coefficient (Wildman–Crippen LogP) is 3.61. The topological polar surface area (TPSA) is 49.4 Å². The Morgan fingerprint density at radius 2 is 1.83 bits per heavy atom. The van der Waals surface area contributed by atoms with Crippen LogP contribution in [0, 0.1) is 0 Å². The number of hydrogen-bond acceptors (Lipinski definition) is 3. The highest BCUT2D eigenvalue weighted by Gasteiger charge is 2.08. The van der Waals surface area contributed by atoms with Gasteiger partial charge in [-0.2, -0.15) is 0 Å². The van der Waals surface area contributed by atoms with Gasteiger partial charge >= 0.3 is 0 Å². The summed E-state index contributed by atoms with van der Waals surface area (Å²) in [6.45, 7) is 2.41. The molecule has 0 saturated carbocycles. The summed E-state index contributed by atoms with van der Waals surface area (Å²) in [4.78, 5) is 25.2. The molecular weight excluding hydrogens is 312 g/mol. The maximum absolute atomic E-state index is 12.1. The number of anilines is 1. The first-order chi connectivity index (χ1) is 10.9. The van der Waals surface area contributed by atoms with Crippen molar-refractivity contribution in [3.8, 4) is 0 Å². The number of Topliss-reactive ketones (excluding diaryl/α,β-unsaturated/α-hetero) is 1. The first-order valence-corrected chi connectivity index (χ1v) is 7.65. The fourth-order valence-corrected chi connectivity index (χ4v) is 2.45. The molecule has 2 aromatic rings. The molecule has 0 spiro atoms. The molecule has 5 heteroatoms. The zero-order valence-corrected chi connectivity index (χ0v) is 13.9. The van der Waals surface area contributed by atoms with Crippen LogP contribution in [0.4, 0.5) is 5.69 Å². The molecule has 0 fully saturated rings. The monoisotopic (exact) mass is 330 g/mol. The second-order valence-electron chi connectivity index (χ2n) is 5.48. The molecule has 0 heterocycles. The van der Waals surface area contributed by atoms with Crippen molar-refractivity contribution in [1.29, 1.82) is 0 Å². The lowest BCUT2D eigenvalue weighted by molar-refractivity contribution is -0.117. The Kier molecular flexibility index (Phi) is 5.90. The van der Waals surface area contributed by atoms with E-state index in [1.165, 1.54) is 6.92 Å². The minimum Gasteiger partial charge on any atom is -0.325 e. The summed E-state index contributed by atoms with van der Waals surface area (Å²) in [6.07, 6.45) is 0. The number of nitrogens with one attached hydrogen (secondary N) is 1. The Hall–Kier alpha value is -2.17. The summed E-state index contributed by atoms with van der Waals surface area (Å²) in [5.41, 5.74) is 2.36. The normalized spacial score (nSPS) is 10.6. The van der Waals surface area contributed by atoms with E-state index >= 15 is 0 Å². The zero-order valence-electron chi connectivity index (χ0n) is 13.2. The highest BCUT2D eigenvalue weighted by atomic mass is 35.5. The van der Waals surface area contributed by atoms with Crippen LogP contribution in [0.5, 0.6) is 0 Å². The molecule has 0 radical (unpaired) electrons. The number of amides is 1. The molecule has 0 aromatic heterocycles. The van der Waals surface area contributed by atoms with E-state index in [-0.39, 0.29) is 18.2 Å². The fourth-order valence-electron chi connectivity index (χ4n) is 2.24. The Balaban J connectivity index is 1.87. The van der Waals surface area contributed by atoms with Gasteiger partial charge in [-0.05, 0) is 55.9 Å². The van der Waals surface area contributed by atoms with Gasteiger partial charge in [-0.3, -0.25) is 14.5 Å². The van der Waals surface area contributed by atoms with Crippen molar-refractivity contribution in [2.75, 3.05) is 18.9 Å². The molecule has 120 valence electrons. The first kappa shape index (κ1) is 17.2. The van der Waals surface area contributed by atoms with Crippen LogP contribution in [0.2, 0.25) is 5.02 Å². The van der Waals surface area contributed by atoms with E-state index in [1.54, 1.807) is 24.3 Å². The van der Waals surface area contributed by atoms with E-state index in [0.29, 0.717) is 22.8 Å². The molecule has 1 N–H and O–H groups in total. The van der Waals surface area contributed by atoms with Gasteiger partial charge in [0.05, 0.1) is 6.54 Å². The molecule has 23 heavy (non-hydrogen) atoms. The van der Waals surface area contributed by atoms with Gasteiger partial charge in [0.1, 0.15) is 0 Å². The zero-order chi connectivity index (χ0) is 16.8. The average molecular weight is 331 g/mol. The molecule has 0 atom stereocenters. The minimum atomic E-state index is -0.106. The van der Waals surface area contributed by atoms with Crippen LogP contribution in [0.3, 0.4) is 0 Å². The molecule has 0 aliphatic rings. The second-order valence-corrected chi connectivity index (χ2v) is 5.92. The van der Waals surface area contributed by atoms with Gasteiger partial charge in [0.15, 0.2) is 5.78 Å². The molecule has 2 aromatic carbocycles. The number of carbonyl (C=O) groups excluding carboxylic acids is 2. The van der Waals surface area contributed by atoms with Gasteiger partial charge in [-0.15, -0.1) is 0 Å². The second kappa shape index (κ2) is 7.90. The number of benzene rings is 2. The summed E-state index contributed by atoms with van der Waals surface area (Å²) >= 11 is 5.95. The molecule has 2 rings (SSSR count). The van der Waals surface area contributed by atoms with Crippen molar-refractivity contribution >= 4 is 29.0 Å². The molecule has 0 saturated heterocycles. The Labute approximate surface area is 141 Å². The van der Waals surface area contributed by atoms with E-state index in [0.717, 1.165) is 5.56 Å². The van der Waals surface area contributed by atoms with Gasteiger partial charge in [0.2, 0.25) is 5.91 Å². The number of carbonyl (C=O) groups is 2. The largest absolute Gasteiger partial charge is 0.325 e. The third kappa shape index (κ3) is 5.51. The maximum Gasteiger partial charge on any atom is 0.238 e. The summed E-state index contributed by atoms with van der Waals surface area (Å²) in [5.74, 6) is -0.103. The highest BCUT2D eigenvalue weighted by molar-refractivity contribution is 6.30. The fraction of sp³-hybridized carbons (Fsp3) is 0.222. The lowest BCUT2D eigenvalue weighted by atomic mass is 10.1. The van der Waals surface area contributed by atoms with Crippen LogP contribution in [0.15, 0.2) is 48.5 Å². The van der Waals surface area contributed by atoms with E-state index in [4.69, 9.17) is 11.6 Å². The Bertz CT molecular complexity index is 698. The number of hydrogen-bond donors (Lipinski definition) is 1. The van der Waals surface area contributed by atoms with Crippen molar-refractivity contribution < 1.29 is 9.59 Å². The minimum absolute atomic E-state index is 0.00383. The highest BCUT2D eigenvalue weighted by Crippen LogP contribution is 2.13. The number of halogens is 1. The average Bonchev–Trinajstić information content (AvgIpc) is 2.47. The number of rotatable bonds is 6. The number of nitrogens with zero attached hydrogens (tertiary/aromatic N) is 1. The number of ketones is 1. The SMILES string of the molecule is CC(=O)c1ccc(NC(=O)CN(C)Cc2cccc(Cl)c2)cc1. The summed E-state index contributed by atoms with van der Waals surface area (Å²) in [6, 6.07) is 14.4. The van der Waals surface area contributed by atoms with E-state index in [9.17, 15) is 9.59 Å². The predicted molar refractivity (Wildman–Crippen MR) is 92.9 cm³/mol. The van der Waals surface area contributed by atoms with Gasteiger partial charge in [-0.25, -0.2) is 0 Å². The van der Waals surface area contributed by atoms with Crippen LogP contribution in [0.25, 0.3) is 0 Å². The molecule has 0 aliphatic carbocycles. The Morgan fingerprint density at radius 3 is 2.43 bits per heavy atom. The van der Waals surface area contributed by atoms with Crippen molar-refractivity contribution in [1.82, 2.24) is 4.90 Å². The van der Waals surface area contributed by atoms with Crippen LogP contribution in [0.1, 0.15) is 22.8 Å². The summed E-state index contributed by atoms with van der Waals surface area (Å²) < 4.78 is 0. The van der Waals surface area contributed by atoms with Crippen LogP contribution in [-0.2, 0) is 11.3 Å². The van der Waals surface area contributed by atoms with Crippen molar-refractivity contribution in [2.24, 2.45) is 0 Å². The van der Waals surface area contributed by atoms with Crippen molar-refractivity contribution in [2.45, 2.75) is 13.5 Å². The van der Waals surface area contributed by atoms with Crippen LogP contribution in [-0.4, -0.2) is 30.2 Å². The van der Waals surface area contributed by atoms with E-state index in [1.807, 2.05) is 36.2 Å². The van der Waals surface area contributed by atoms with Crippen LogP contribution < -0.4 is 5.32 Å². The van der Waals surface area contributed by atoms with Gasteiger partial charge in [0.25, 0.3) is 0 Å². The van der Waals surface area contributed by atoms with Crippen molar-refractivity contribution in [3.63, 3.8) is 0 Å². The standard InChI is InChI=1S/C18H19ClN2O2/c1-13(22)15-6-8-17(9-7-15)20-18(23)12-21(2)11-14-4-3-5-16(19)10-14/h3-10H,11-12H2,1-2H3,(H,20,23). The quantitative estimate of drug-likeness (QED) is 0.823. The van der Waals surface area contributed by atoms with E-state index in [2.05, 4.69) is 5.32 Å². The third-order valence-electron chi connectivity index (χ3n) is 3.33. The lowest BCUT2D eigenvalue weighted by Gasteiger charge is -2.16. The maximum atomic E-state index is 12.1. The van der Waals surface area contributed by atoms with Gasteiger partial charge < -0.3 is 5.32 Å². The summed E-state index contributed by atoms with van der Waals surface area (Å²) in [5, 5.41) is 3.50. The third-order valence-corrected chi connectivity index (χ3v) is 3.57. The molecular formula is C18H19ClN2O2. The van der Waals surface area contributed by atoms with Gasteiger partial charge in [-0.1, -0.05) is 23.7 Å². The molecule has 0 bridgehead atoms. The Morgan fingerprint density at radius 1 is 1.13 bits per heavy atom. The molecule has 0 aliphatic heterocycles. The van der Waals surface area contributed by atoms with Crippen LogP contribution >= 0.6 is 11.6 Å². The van der Waals surface area contributed by atoms with Crippen molar-refractivity contribution in [3.05, 3.63) is 64.7 Å². The smallest absolute Gasteiger partial charge is 0.238 e. The molecule has 4 nitrogen and oxygen atoms in total. The number of likely N-dealkylation sites (N-methyl/N-ethyl adjacent to an activating group) is 1. The lowest BCUT2D eigenvalue weighted by Crippen LogP contribution is -2.29. The molecule has 1 amide bonds. The first-order valence-electron chi connectivity index (χ1n) is 7.28. The molecule has 0 unspecified atom stereocenters. The summed E-state index contributed by atoms with van der Waals surface area (Å²) in [7, 11) is 1.87. The van der Waals surface area contributed by atoms with E-state index < -0.39 is 0 Å².